The predicted octanol–water partition coefficient (Wildman–Crippen LogP) is 5.08. The van der Waals surface area contributed by atoms with Crippen molar-refractivity contribution in [3.63, 3.8) is 0 Å². The van der Waals surface area contributed by atoms with E-state index >= 15 is 0 Å². The zero-order valence-corrected chi connectivity index (χ0v) is 17.7. The van der Waals surface area contributed by atoms with Gasteiger partial charge < -0.3 is 25.5 Å². The fraction of sp³-hybridized carbons (Fsp3) is 0.148. The maximum absolute atomic E-state index is 12.8. The van der Waals surface area contributed by atoms with E-state index in [1.165, 1.54) is 18.2 Å². The lowest BCUT2D eigenvalue weighted by atomic mass is 9.77. The maximum Gasteiger partial charge on any atom is 0.157 e. The van der Waals surface area contributed by atoms with Crippen molar-refractivity contribution in [2.45, 2.75) is 24.7 Å². The van der Waals surface area contributed by atoms with Crippen molar-refractivity contribution in [3.05, 3.63) is 95.1 Å². The Morgan fingerprint density at radius 1 is 0.636 bits per heavy atom. The second-order valence-corrected chi connectivity index (χ2v) is 8.26. The average molecular weight is 444 g/mol. The molecule has 0 saturated carbocycles. The Morgan fingerprint density at radius 2 is 1.30 bits per heavy atom. The molecule has 0 bridgehead atoms. The second-order valence-electron chi connectivity index (χ2n) is 8.26. The largest absolute Gasteiger partial charge is 0.508 e. The summed E-state index contributed by atoms with van der Waals surface area (Å²) in [6, 6.07) is 15.6. The van der Waals surface area contributed by atoms with Crippen molar-refractivity contribution in [3.8, 4) is 28.7 Å². The van der Waals surface area contributed by atoms with E-state index in [9.17, 15) is 30.3 Å². The second kappa shape index (κ2) is 9.12. The summed E-state index contributed by atoms with van der Waals surface area (Å²) in [5.41, 5.74) is 2.95. The van der Waals surface area contributed by atoms with Crippen LogP contribution in [0.25, 0.3) is 6.08 Å². The Hall–Kier alpha value is -4.19. The fourth-order valence-electron chi connectivity index (χ4n) is 4.29. The Kier molecular flexibility index (Phi) is 6.09. The number of allylic oxidation sites excluding steroid dienone is 3. The molecule has 6 nitrogen and oxygen atoms in total. The minimum atomic E-state index is -0.360. The van der Waals surface area contributed by atoms with Gasteiger partial charge in [0.25, 0.3) is 0 Å². The molecule has 0 fully saturated rings. The Morgan fingerprint density at radius 3 is 1.97 bits per heavy atom. The van der Waals surface area contributed by atoms with E-state index in [4.69, 9.17) is 0 Å². The van der Waals surface area contributed by atoms with Crippen molar-refractivity contribution >= 4 is 11.9 Å². The summed E-state index contributed by atoms with van der Waals surface area (Å²) in [6.07, 6.45) is 5.88. The zero-order chi connectivity index (χ0) is 23.5. The predicted molar refractivity (Wildman–Crippen MR) is 124 cm³/mol. The van der Waals surface area contributed by atoms with Crippen LogP contribution < -0.4 is 0 Å². The maximum atomic E-state index is 12.8. The Bertz CT molecular complexity index is 1220. The Labute approximate surface area is 191 Å². The van der Waals surface area contributed by atoms with Crippen LogP contribution in [0.5, 0.6) is 28.7 Å². The van der Waals surface area contributed by atoms with Gasteiger partial charge in [0, 0.05) is 12.5 Å². The first-order valence-electron chi connectivity index (χ1n) is 10.5. The number of phenols is 5. The summed E-state index contributed by atoms with van der Waals surface area (Å²) in [5.74, 6) is -1.28. The van der Waals surface area contributed by atoms with Crippen molar-refractivity contribution in [1.29, 1.82) is 0 Å². The van der Waals surface area contributed by atoms with Gasteiger partial charge >= 0.3 is 0 Å². The Balaban J connectivity index is 1.74. The molecule has 2 unspecified atom stereocenters. The lowest BCUT2D eigenvalue weighted by Gasteiger charge is -2.27. The quantitative estimate of drug-likeness (QED) is 0.358. The molecule has 0 spiro atoms. The first-order chi connectivity index (χ1) is 15.8. The molecule has 5 N–H and O–H groups in total. The van der Waals surface area contributed by atoms with Crippen LogP contribution in [0.4, 0.5) is 0 Å². The van der Waals surface area contributed by atoms with Crippen LogP contribution in [-0.4, -0.2) is 31.3 Å². The molecule has 33 heavy (non-hydrogen) atoms. The molecule has 0 aromatic heterocycles. The van der Waals surface area contributed by atoms with E-state index < -0.39 is 0 Å². The third-order valence-corrected chi connectivity index (χ3v) is 5.87. The van der Waals surface area contributed by atoms with Gasteiger partial charge in [-0.25, -0.2) is 0 Å². The summed E-state index contributed by atoms with van der Waals surface area (Å²) in [7, 11) is 0. The van der Waals surface area contributed by atoms with Crippen molar-refractivity contribution in [1.82, 2.24) is 0 Å². The van der Waals surface area contributed by atoms with Crippen molar-refractivity contribution in [2.24, 2.45) is 0 Å². The highest BCUT2D eigenvalue weighted by Crippen LogP contribution is 2.45. The van der Waals surface area contributed by atoms with Gasteiger partial charge in [0.2, 0.25) is 0 Å². The van der Waals surface area contributed by atoms with Gasteiger partial charge in [-0.05, 0) is 83.0 Å². The lowest BCUT2D eigenvalue weighted by molar-refractivity contribution is -0.115. The summed E-state index contributed by atoms with van der Waals surface area (Å²) in [6.45, 7) is 0. The van der Waals surface area contributed by atoms with Crippen LogP contribution in [0.2, 0.25) is 0 Å². The normalized spacial score (nSPS) is 18.8. The number of phenolic OH excluding ortho intramolecular Hbond substituents is 5. The molecule has 0 amide bonds. The van der Waals surface area contributed by atoms with E-state index in [0.717, 1.165) is 11.1 Å². The van der Waals surface area contributed by atoms with Gasteiger partial charge in [0.15, 0.2) is 17.3 Å². The first kappa shape index (κ1) is 22.0. The molecule has 4 rings (SSSR count). The average Bonchev–Trinajstić information content (AvgIpc) is 2.93. The number of carbonyl (C=O) groups excluding carboxylic acids is 1. The summed E-state index contributed by atoms with van der Waals surface area (Å²) in [5, 5.41) is 49.4. The zero-order valence-electron chi connectivity index (χ0n) is 17.7. The SMILES string of the molecule is O=C1C=C(C=Cc2ccc(O)cc2)CC(c2cc(O)cc(O)c2)C(c2ccc(O)c(O)c2)C1. The molecule has 0 radical (unpaired) electrons. The van der Waals surface area contributed by atoms with E-state index in [1.54, 1.807) is 48.5 Å². The highest BCUT2D eigenvalue weighted by molar-refractivity contribution is 5.92. The smallest absolute Gasteiger partial charge is 0.157 e. The number of benzene rings is 3. The molecule has 168 valence electrons. The van der Waals surface area contributed by atoms with E-state index in [2.05, 4.69) is 0 Å². The van der Waals surface area contributed by atoms with Gasteiger partial charge in [-0.3, -0.25) is 4.79 Å². The summed E-state index contributed by atoms with van der Waals surface area (Å²) < 4.78 is 0. The molecule has 0 aliphatic heterocycles. The van der Waals surface area contributed by atoms with Gasteiger partial charge in [-0.15, -0.1) is 0 Å². The standard InChI is InChI=1S/C27H24O6/c28-20-6-3-16(4-7-20)1-2-17-9-21(29)15-25(18-5-8-26(32)27(33)13-18)24(10-17)19-11-22(30)14-23(31)12-19/h1-9,11-14,24-25,28,30-33H,10,15H2. The number of hydrogen-bond acceptors (Lipinski definition) is 6. The highest BCUT2D eigenvalue weighted by Gasteiger charge is 2.31. The number of rotatable bonds is 4. The molecule has 3 aromatic rings. The van der Waals surface area contributed by atoms with Crippen LogP contribution in [0.15, 0.2) is 78.4 Å². The van der Waals surface area contributed by atoms with Gasteiger partial charge in [-0.2, -0.15) is 0 Å². The van der Waals surface area contributed by atoms with Crippen LogP contribution in [0.3, 0.4) is 0 Å². The molecule has 6 heteroatoms. The van der Waals surface area contributed by atoms with Crippen LogP contribution in [0.1, 0.15) is 41.4 Å². The van der Waals surface area contributed by atoms with Crippen LogP contribution >= 0.6 is 0 Å². The lowest BCUT2D eigenvalue weighted by Crippen LogP contribution is -2.13. The third-order valence-electron chi connectivity index (χ3n) is 5.87. The van der Waals surface area contributed by atoms with Crippen LogP contribution in [0, 0.1) is 0 Å². The molecular formula is C27H24O6. The van der Waals surface area contributed by atoms with Crippen molar-refractivity contribution < 1.29 is 30.3 Å². The van der Waals surface area contributed by atoms with E-state index in [-0.39, 0.29) is 52.8 Å². The topological polar surface area (TPSA) is 118 Å². The number of aromatic hydroxyl groups is 5. The monoisotopic (exact) mass is 444 g/mol. The van der Waals surface area contributed by atoms with Gasteiger partial charge in [0.05, 0.1) is 0 Å². The molecule has 0 heterocycles. The molecule has 1 aliphatic carbocycles. The minimum absolute atomic E-state index is 0.0851. The van der Waals surface area contributed by atoms with Gasteiger partial charge in [-0.1, -0.05) is 30.4 Å². The minimum Gasteiger partial charge on any atom is -0.508 e. The van der Waals surface area contributed by atoms with Gasteiger partial charge in [0.1, 0.15) is 17.2 Å². The third kappa shape index (κ3) is 5.18. The van der Waals surface area contributed by atoms with Crippen molar-refractivity contribution in [2.75, 3.05) is 0 Å². The fourth-order valence-corrected chi connectivity index (χ4v) is 4.29. The first-order valence-corrected chi connectivity index (χ1v) is 10.5. The molecule has 2 atom stereocenters. The molecule has 1 aliphatic rings. The number of ketones is 1. The van der Waals surface area contributed by atoms with Crippen LogP contribution in [-0.2, 0) is 4.79 Å². The van der Waals surface area contributed by atoms with E-state index in [0.29, 0.717) is 17.5 Å². The summed E-state index contributed by atoms with van der Waals surface area (Å²) >= 11 is 0. The molecular weight excluding hydrogens is 420 g/mol. The summed E-state index contributed by atoms with van der Waals surface area (Å²) in [4.78, 5) is 12.8. The molecule has 0 saturated heterocycles. The van der Waals surface area contributed by atoms with E-state index in [1.807, 2.05) is 12.2 Å². The highest BCUT2D eigenvalue weighted by atomic mass is 16.3. The number of hydrogen-bond donors (Lipinski definition) is 5. The number of carbonyl (C=O) groups is 1. The molecule has 3 aromatic carbocycles.